The predicted octanol–water partition coefficient (Wildman–Crippen LogP) is 0.0318. The zero-order valence-electron chi connectivity index (χ0n) is 19.6. The normalized spacial score (nSPS) is 12.8. The van der Waals surface area contributed by atoms with E-state index in [1.807, 2.05) is 0 Å². The Bertz CT molecular complexity index is 837. The number of carbonyl (C=O) groups is 4. The molecule has 1 aromatic carbocycles. The summed E-state index contributed by atoms with van der Waals surface area (Å²) >= 11 is 0. The predicted molar refractivity (Wildman–Crippen MR) is 118 cm³/mol. The van der Waals surface area contributed by atoms with Crippen LogP contribution >= 0.6 is 0 Å². The zero-order valence-corrected chi connectivity index (χ0v) is 19.6. The summed E-state index contributed by atoms with van der Waals surface area (Å²) in [6.45, 7) is 4.67. The van der Waals surface area contributed by atoms with E-state index < -0.39 is 61.3 Å². The summed E-state index contributed by atoms with van der Waals surface area (Å²) in [4.78, 5) is 51.1. The lowest BCUT2D eigenvalue weighted by Crippen LogP contribution is -2.55. The van der Waals surface area contributed by atoms with Crippen LogP contribution in [0.1, 0.15) is 37.9 Å². The van der Waals surface area contributed by atoms with Gasteiger partial charge in [0.2, 0.25) is 11.8 Å². The van der Waals surface area contributed by atoms with Gasteiger partial charge in [0.05, 0.1) is 20.3 Å². The second-order valence-electron chi connectivity index (χ2n) is 8.19. The topological polar surface area (TPSA) is 154 Å². The van der Waals surface area contributed by atoms with Crippen molar-refractivity contribution >= 4 is 23.9 Å². The van der Waals surface area contributed by atoms with Gasteiger partial charge in [-0.25, -0.2) is 4.79 Å². The molecule has 0 spiro atoms. The first kappa shape index (κ1) is 27.9. The second kappa shape index (κ2) is 12.8. The highest BCUT2D eigenvalue weighted by atomic mass is 16.6. The minimum absolute atomic E-state index is 0.282. The van der Waals surface area contributed by atoms with Crippen molar-refractivity contribution in [2.45, 2.75) is 45.4 Å². The molecule has 1 rings (SSSR count). The van der Waals surface area contributed by atoms with Crippen LogP contribution in [0.3, 0.4) is 0 Å². The van der Waals surface area contributed by atoms with E-state index in [2.05, 4.69) is 15.4 Å². The van der Waals surface area contributed by atoms with Crippen LogP contribution in [-0.2, 0) is 23.9 Å². The lowest BCUT2D eigenvalue weighted by Gasteiger charge is -2.34. The van der Waals surface area contributed by atoms with Crippen LogP contribution in [0.15, 0.2) is 24.3 Å². The van der Waals surface area contributed by atoms with E-state index in [9.17, 15) is 29.4 Å². The van der Waals surface area contributed by atoms with E-state index in [1.54, 1.807) is 52.0 Å². The van der Waals surface area contributed by atoms with Gasteiger partial charge in [-0.05, 0) is 38.8 Å². The summed E-state index contributed by atoms with van der Waals surface area (Å²) < 4.78 is 9.67. The quantitative estimate of drug-likeness (QED) is 0.352. The van der Waals surface area contributed by atoms with Gasteiger partial charge < -0.3 is 35.2 Å². The number of rotatable bonds is 10. The fourth-order valence-corrected chi connectivity index (χ4v) is 2.98. The third-order valence-electron chi connectivity index (χ3n) is 4.47. The van der Waals surface area contributed by atoms with Crippen LogP contribution in [0, 0.1) is 6.92 Å². The lowest BCUT2D eigenvalue weighted by atomic mass is 9.98. The average molecular weight is 468 g/mol. The van der Waals surface area contributed by atoms with Crippen molar-refractivity contribution in [3.8, 4) is 0 Å². The maximum absolute atomic E-state index is 13.3. The van der Waals surface area contributed by atoms with Crippen molar-refractivity contribution < 1.29 is 38.9 Å². The number of aliphatic hydroxyl groups is 2. The molecule has 11 heteroatoms. The van der Waals surface area contributed by atoms with Gasteiger partial charge in [0.1, 0.15) is 24.2 Å². The number of alkyl carbamates (subject to hydrolysis) is 1. The van der Waals surface area contributed by atoms with Gasteiger partial charge in [-0.2, -0.15) is 0 Å². The van der Waals surface area contributed by atoms with Crippen molar-refractivity contribution in [3.05, 3.63) is 35.4 Å². The fourth-order valence-electron chi connectivity index (χ4n) is 2.98. The standard InChI is InChI=1S/C22H33N3O8/c1-14-8-6-7-9-15(14)18(19(29)23-12-17(28)32-5)25(10-11-26)20(30)16(13-27)24-21(31)33-22(2,3)4/h6-9,16,18,26-27H,10-13H2,1-5H3,(H,23,29)(H,24,31). The van der Waals surface area contributed by atoms with E-state index in [4.69, 9.17) is 4.74 Å². The molecule has 0 bridgehead atoms. The number of carbonyl (C=O) groups excluding carboxylic acids is 4. The molecule has 3 amide bonds. The third-order valence-corrected chi connectivity index (χ3v) is 4.47. The summed E-state index contributed by atoms with van der Waals surface area (Å²) in [5.74, 6) is -2.21. The monoisotopic (exact) mass is 467 g/mol. The van der Waals surface area contributed by atoms with E-state index in [-0.39, 0.29) is 6.54 Å². The minimum Gasteiger partial charge on any atom is -0.468 e. The van der Waals surface area contributed by atoms with Gasteiger partial charge in [-0.3, -0.25) is 14.4 Å². The highest BCUT2D eigenvalue weighted by Gasteiger charge is 2.36. The third kappa shape index (κ3) is 8.70. The molecular formula is C22H33N3O8. The Morgan fingerprint density at radius 3 is 2.27 bits per heavy atom. The SMILES string of the molecule is COC(=O)CNC(=O)C(c1ccccc1C)N(CCO)C(=O)C(CO)NC(=O)OC(C)(C)C. The van der Waals surface area contributed by atoms with Gasteiger partial charge in [-0.15, -0.1) is 0 Å². The molecule has 2 atom stereocenters. The van der Waals surface area contributed by atoms with Crippen molar-refractivity contribution in [3.63, 3.8) is 0 Å². The molecule has 1 aromatic rings. The highest BCUT2D eigenvalue weighted by molar-refractivity contribution is 5.93. The Labute approximate surface area is 193 Å². The Morgan fingerprint density at radius 2 is 1.76 bits per heavy atom. The molecule has 33 heavy (non-hydrogen) atoms. The Morgan fingerprint density at radius 1 is 1.12 bits per heavy atom. The van der Waals surface area contributed by atoms with E-state index in [0.717, 1.165) is 4.90 Å². The van der Waals surface area contributed by atoms with Crippen LogP contribution in [0.4, 0.5) is 4.79 Å². The number of hydrogen-bond acceptors (Lipinski definition) is 8. The number of aliphatic hydroxyl groups excluding tert-OH is 2. The van der Waals surface area contributed by atoms with Gasteiger partial charge in [0.25, 0.3) is 0 Å². The molecule has 0 saturated heterocycles. The fraction of sp³-hybridized carbons (Fsp3) is 0.545. The number of ether oxygens (including phenoxy) is 2. The molecule has 184 valence electrons. The summed E-state index contributed by atoms with van der Waals surface area (Å²) in [5, 5.41) is 24.1. The Hall–Kier alpha value is -3.18. The zero-order chi connectivity index (χ0) is 25.2. The first-order valence-electron chi connectivity index (χ1n) is 10.4. The summed E-state index contributed by atoms with van der Waals surface area (Å²) in [5.41, 5.74) is 0.276. The highest BCUT2D eigenvalue weighted by Crippen LogP contribution is 2.25. The first-order valence-corrected chi connectivity index (χ1v) is 10.4. The molecule has 0 fully saturated rings. The second-order valence-corrected chi connectivity index (χ2v) is 8.19. The molecule has 0 aromatic heterocycles. The van der Waals surface area contributed by atoms with Gasteiger partial charge >= 0.3 is 12.1 Å². The minimum atomic E-state index is -1.44. The number of methoxy groups -OCH3 is 1. The van der Waals surface area contributed by atoms with Crippen LogP contribution < -0.4 is 10.6 Å². The maximum atomic E-state index is 13.3. The first-order chi connectivity index (χ1) is 15.4. The van der Waals surface area contributed by atoms with E-state index in [0.29, 0.717) is 11.1 Å². The van der Waals surface area contributed by atoms with Crippen LogP contribution in [0.5, 0.6) is 0 Å². The number of aryl methyl sites for hydroxylation is 1. The molecule has 11 nitrogen and oxygen atoms in total. The molecule has 0 aliphatic carbocycles. The lowest BCUT2D eigenvalue weighted by molar-refractivity contribution is -0.145. The molecule has 2 unspecified atom stereocenters. The van der Waals surface area contributed by atoms with Crippen molar-refractivity contribution in [2.75, 3.05) is 33.4 Å². The number of hydrogen-bond donors (Lipinski definition) is 4. The molecular weight excluding hydrogens is 434 g/mol. The van der Waals surface area contributed by atoms with Crippen LogP contribution in [0.2, 0.25) is 0 Å². The molecule has 0 radical (unpaired) electrons. The van der Waals surface area contributed by atoms with Crippen molar-refractivity contribution in [2.24, 2.45) is 0 Å². The summed E-state index contributed by atoms with van der Waals surface area (Å²) in [7, 11) is 1.17. The Kier molecular flexibility index (Phi) is 10.8. The molecule has 0 saturated carbocycles. The number of nitrogens with zero attached hydrogens (tertiary/aromatic N) is 1. The van der Waals surface area contributed by atoms with Crippen LogP contribution in [0.25, 0.3) is 0 Å². The summed E-state index contributed by atoms with van der Waals surface area (Å²) in [6.07, 6.45) is -0.929. The smallest absolute Gasteiger partial charge is 0.408 e. The van der Waals surface area contributed by atoms with E-state index >= 15 is 0 Å². The largest absolute Gasteiger partial charge is 0.468 e. The number of amides is 3. The van der Waals surface area contributed by atoms with Gasteiger partial charge in [0.15, 0.2) is 0 Å². The summed E-state index contributed by atoms with van der Waals surface area (Å²) in [6, 6.07) is 4.09. The molecule has 0 heterocycles. The average Bonchev–Trinajstić information content (AvgIpc) is 2.74. The van der Waals surface area contributed by atoms with E-state index in [1.165, 1.54) is 7.11 Å². The molecule has 0 aliphatic heterocycles. The van der Waals surface area contributed by atoms with Crippen molar-refractivity contribution in [1.82, 2.24) is 15.5 Å². The maximum Gasteiger partial charge on any atom is 0.408 e. The van der Waals surface area contributed by atoms with Gasteiger partial charge in [-0.1, -0.05) is 24.3 Å². The van der Waals surface area contributed by atoms with Gasteiger partial charge in [0, 0.05) is 6.54 Å². The van der Waals surface area contributed by atoms with Crippen LogP contribution in [-0.4, -0.2) is 84.0 Å². The Balaban J connectivity index is 3.31. The number of esters is 1. The molecule has 4 N–H and O–H groups in total. The molecule has 0 aliphatic rings. The number of benzene rings is 1. The van der Waals surface area contributed by atoms with Crippen molar-refractivity contribution in [1.29, 1.82) is 0 Å². The number of nitrogens with one attached hydrogen (secondary N) is 2.